The Labute approximate surface area is 92.6 Å². The summed E-state index contributed by atoms with van der Waals surface area (Å²) in [6, 6.07) is 5.43. The summed E-state index contributed by atoms with van der Waals surface area (Å²) in [4.78, 5) is 21.0. The zero-order chi connectivity index (χ0) is 12.1. The maximum atomic E-state index is 11.1. The molecule has 16 heavy (non-hydrogen) atoms. The normalized spacial score (nSPS) is 11.9. The number of benzene rings is 1. The van der Waals surface area contributed by atoms with Gasteiger partial charge in [-0.25, -0.2) is 0 Å². The fourth-order valence-corrected chi connectivity index (χ4v) is 1.26. The smallest absolute Gasteiger partial charge is 0.269 e. The summed E-state index contributed by atoms with van der Waals surface area (Å²) in [6.45, 7) is 0. The van der Waals surface area contributed by atoms with Gasteiger partial charge in [-0.2, -0.15) is 0 Å². The second kappa shape index (κ2) is 5.22. The number of hydrogen-bond acceptors (Lipinski definition) is 4. The van der Waals surface area contributed by atoms with Crippen LogP contribution in [0.2, 0.25) is 0 Å². The highest BCUT2D eigenvalue weighted by atomic mass is 16.6. The van der Waals surface area contributed by atoms with Crippen molar-refractivity contribution in [1.82, 2.24) is 5.32 Å². The fourth-order valence-electron chi connectivity index (χ4n) is 1.26. The van der Waals surface area contributed by atoms with E-state index < -0.39 is 11.0 Å². The van der Waals surface area contributed by atoms with Crippen LogP contribution < -0.4 is 11.1 Å². The molecule has 0 bridgehead atoms. The topological polar surface area (TPSA) is 98.3 Å². The molecule has 86 valence electrons. The lowest BCUT2D eigenvalue weighted by Gasteiger charge is -2.10. The van der Waals surface area contributed by atoms with Crippen molar-refractivity contribution in [2.75, 3.05) is 7.05 Å². The van der Waals surface area contributed by atoms with Crippen molar-refractivity contribution in [2.24, 2.45) is 5.73 Å². The van der Waals surface area contributed by atoms with E-state index in [0.717, 1.165) is 0 Å². The van der Waals surface area contributed by atoms with Crippen LogP contribution in [-0.2, 0) is 4.79 Å². The van der Waals surface area contributed by atoms with Gasteiger partial charge in [0.2, 0.25) is 5.91 Å². The molecule has 1 aromatic rings. The van der Waals surface area contributed by atoms with Gasteiger partial charge in [-0.3, -0.25) is 14.9 Å². The standard InChI is InChI=1S/C10H13N3O3/c1-12-10(14)6-9(11)7-2-4-8(5-3-7)13(15)16/h2-5,9H,6,11H2,1H3,(H,12,14). The molecule has 1 atom stereocenters. The van der Waals surface area contributed by atoms with E-state index in [2.05, 4.69) is 5.32 Å². The van der Waals surface area contributed by atoms with Gasteiger partial charge < -0.3 is 11.1 Å². The van der Waals surface area contributed by atoms with Gasteiger partial charge in [-0.1, -0.05) is 12.1 Å². The van der Waals surface area contributed by atoms with Gasteiger partial charge in [0.1, 0.15) is 0 Å². The molecular weight excluding hydrogens is 210 g/mol. The summed E-state index contributed by atoms with van der Waals surface area (Å²) >= 11 is 0. The summed E-state index contributed by atoms with van der Waals surface area (Å²) in [7, 11) is 1.53. The van der Waals surface area contributed by atoms with Crippen molar-refractivity contribution >= 4 is 11.6 Å². The second-order valence-corrected chi connectivity index (χ2v) is 3.33. The van der Waals surface area contributed by atoms with Gasteiger partial charge in [0, 0.05) is 31.6 Å². The maximum Gasteiger partial charge on any atom is 0.269 e. The number of hydrogen-bond donors (Lipinski definition) is 2. The van der Waals surface area contributed by atoms with Gasteiger partial charge >= 0.3 is 0 Å². The number of amides is 1. The molecule has 1 unspecified atom stereocenters. The number of nitrogens with zero attached hydrogens (tertiary/aromatic N) is 1. The fraction of sp³-hybridized carbons (Fsp3) is 0.300. The van der Waals surface area contributed by atoms with Crippen LogP contribution >= 0.6 is 0 Å². The van der Waals surface area contributed by atoms with Crippen molar-refractivity contribution in [3.8, 4) is 0 Å². The van der Waals surface area contributed by atoms with Crippen molar-refractivity contribution in [1.29, 1.82) is 0 Å². The number of nitro groups is 1. The molecule has 0 aliphatic heterocycles. The van der Waals surface area contributed by atoms with Crippen LogP contribution in [-0.4, -0.2) is 17.9 Å². The Hall–Kier alpha value is -1.95. The molecule has 6 nitrogen and oxygen atoms in total. The Balaban J connectivity index is 2.73. The number of nitrogens with two attached hydrogens (primary N) is 1. The largest absolute Gasteiger partial charge is 0.359 e. The zero-order valence-corrected chi connectivity index (χ0v) is 8.84. The first kappa shape index (κ1) is 12.1. The van der Waals surface area contributed by atoms with E-state index in [-0.39, 0.29) is 18.0 Å². The number of nitrogens with one attached hydrogen (secondary N) is 1. The van der Waals surface area contributed by atoms with Crippen LogP contribution in [0.5, 0.6) is 0 Å². The van der Waals surface area contributed by atoms with Crippen molar-refractivity contribution in [3.63, 3.8) is 0 Å². The first-order valence-electron chi connectivity index (χ1n) is 4.75. The highest BCUT2D eigenvalue weighted by Gasteiger charge is 2.12. The summed E-state index contributed by atoms with van der Waals surface area (Å²) in [5.74, 6) is -0.161. The Bertz CT molecular complexity index is 389. The van der Waals surface area contributed by atoms with E-state index >= 15 is 0 Å². The lowest BCUT2D eigenvalue weighted by atomic mass is 10.0. The molecule has 0 aliphatic carbocycles. The molecule has 6 heteroatoms. The predicted octanol–water partition coefficient (Wildman–Crippen LogP) is 0.731. The summed E-state index contributed by atoms with van der Waals surface area (Å²) < 4.78 is 0. The van der Waals surface area contributed by atoms with E-state index in [9.17, 15) is 14.9 Å². The van der Waals surface area contributed by atoms with Gasteiger partial charge in [-0.15, -0.1) is 0 Å². The minimum absolute atomic E-state index is 0.0101. The zero-order valence-electron chi connectivity index (χ0n) is 8.84. The molecule has 0 aromatic heterocycles. The third-order valence-electron chi connectivity index (χ3n) is 2.22. The monoisotopic (exact) mass is 223 g/mol. The van der Waals surface area contributed by atoms with Crippen LogP contribution in [0.15, 0.2) is 24.3 Å². The molecule has 0 fully saturated rings. The lowest BCUT2D eigenvalue weighted by molar-refractivity contribution is -0.384. The predicted molar refractivity (Wildman–Crippen MR) is 58.7 cm³/mol. The summed E-state index contributed by atoms with van der Waals surface area (Å²) in [5, 5.41) is 12.9. The van der Waals surface area contributed by atoms with Gasteiger partial charge in [-0.05, 0) is 5.56 Å². The van der Waals surface area contributed by atoms with Gasteiger partial charge in [0.05, 0.1) is 4.92 Å². The molecule has 0 spiro atoms. The van der Waals surface area contributed by atoms with E-state index in [1.165, 1.54) is 19.2 Å². The Morgan fingerprint density at radius 2 is 2.06 bits per heavy atom. The molecule has 0 saturated carbocycles. The molecule has 1 aromatic carbocycles. The Morgan fingerprint density at radius 1 is 1.50 bits per heavy atom. The minimum Gasteiger partial charge on any atom is -0.359 e. The first-order chi connectivity index (χ1) is 7.54. The van der Waals surface area contributed by atoms with Crippen molar-refractivity contribution in [3.05, 3.63) is 39.9 Å². The molecule has 0 radical (unpaired) electrons. The first-order valence-corrected chi connectivity index (χ1v) is 4.75. The molecule has 1 rings (SSSR count). The Kier molecular flexibility index (Phi) is 3.96. The van der Waals surface area contributed by atoms with E-state index in [0.29, 0.717) is 5.56 Å². The average molecular weight is 223 g/mol. The Morgan fingerprint density at radius 3 is 2.50 bits per heavy atom. The van der Waals surface area contributed by atoms with Crippen LogP contribution in [0.3, 0.4) is 0 Å². The van der Waals surface area contributed by atoms with E-state index in [1.54, 1.807) is 12.1 Å². The third kappa shape index (κ3) is 3.03. The minimum atomic E-state index is -0.478. The SMILES string of the molecule is CNC(=O)CC(N)c1ccc([N+](=O)[O-])cc1. The number of carbonyl (C=O) groups is 1. The highest BCUT2D eigenvalue weighted by molar-refractivity contribution is 5.76. The number of non-ortho nitro benzene ring substituents is 1. The number of nitro benzene ring substituents is 1. The summed E-state index contributed by atoms with van der Waals surface area (Å²) in [6.07, 6.45) is 0.161. The van der Waals surface area contributed by atoms with E-state index in [1.807, 2.05) is 0 Å². The quantitative estimate of drug-likeness (QED) is 0.580. The summed E-state index contributed by atoms with van der Waals surface area (Å²) in [5.41, 5.74) is 6.48. The second-order valence-electron chi connectivity index (χ2n) is 3.33. The lowest BCUT2D eigenvalue weighted by Crippen LogP contribution is -2.24. The number of carbonyl (C=O) groups excluding carboxylic acids is 1. The molecule has 3 N–H and O–H groups in total. The molecule has 0 aliphatic rings. The molecule has 0 heterocycles. The highest BCUT2D eigenvalue weighted by Crippen LogP contribution is 2.18. The molecule has 0 saturated heterocycles. The molecular formula is C10H13N3O3. The van der Waals surface area contributed by atoms with Crippen molar-refractivity contribution < 1.29 is 9.72 Å². The average Bonchev–Trinajstić information content (AvgIpc) is 2.28. The van der Waals surface area contributed by atoms with Gasteiger partial charge in [0.15, 0.2) is 0 Å². The maximum absolute atomic E-state index is 11.1. The van der Waals surface area contributed by atoms with Crippen LogP contribution in [0.4, 0.5) is 5.69 Å². The van der Waals surface area contributed by atoms with Crippen LogP contribution in [0.1, 0.15) is 18.0 Å². The van der Waals surface area contributed by atoms with Gasteiger partial charge in [0.25, 0.3) is 5.69 Å². The number of rotatable bonds is 4. The van der Waals surface area contributed by atoms with E-state index in [4.69, 9.17) is 5.73 Å². The van der Waals surface area contributed by atoms with Crippen LogP contribution in [0.25, 0.3) is 0 Å². The molecule has 1 amide bonds. The van der Waals surface area contributed by atoms with Crippen LogP contribution in [0, 0.1) is 10.1 Å². The third-order valence-corrected chi connectivity index (χ3v) is 2.22. The van der Waals surface area contributed by atoms with Crippen molar-refractivity contribution in [2.45, 2.75) is 12.5 Å².